The summed E-state index contributed by atoms with van der Waals surface area (Å²) in [4.78, 5) is 43.9. The van der Waals surface area contributed by atoms with E-state index in [1.165, 1.54) is 0 Å². The van der Waals surface area contributed by atoms with E-state index < -0.39 is 44.8 Å². The van der Waals surface area contributed by atoms with Crippen LogP contribution in [0.15, 0.2) is 60.7 Å². The van der Waals surface area contributed by atoms with Crippen molar-refractivity contribution in [3.8, 4) is 0 Å². The molecule has 278 valence electrons. The second-order valence-corrected chi connectivity index (χ2v) is 18.8. The molecule has 3 rings (SSSR count). The van der Waals surface area contributed by atoms with E-state index in [0.29, 0.717) is 19.4 Å². The Morgan fingerprint density at radius 3 is 2.00 bits per heavy atom. The van der Waals surface area contributed by atoms with E-state index in [9.17, 15) is 14.4 Å². The molecule has 9 nitrogen and oxygen atoms in total. The molecule has 0 saturated carbocycles. The lowest BCUT2D eigenvalue weighted by Crippen LogP contribution is -2.63. The minimum Gasteiger partial charge on any atom is -0.444 e. The molecule has 3 amide bonds. The largest absolute Gasteiger partial charge is 0.444 e. The number of likely N-dealkylation sites (tertiary alicyclic amines) is 1. The van der Waals surface area contributed by atoms with Crippen molar-refractivity contribution in [2.24, 2.45) is 23.2 Å². The lowest BCUT2D eigenvalue weighted by atomic mass is 9.69. The number of benzene rings is 2. The molecule has 10 heteroatoms. The van der Waals surface area contributed by atoms with Gasteiger partial charge in [0, 0.05) is 12.5 Å². The Morgan fingerprint density at radius 1 is 0.920 bits per heavy atom. The van der Waals surface area contributed by atoms with E-state index in [1.807, 2.05) is 107 Å². The van der Waals surface area contributed by atoms with E-state index in [2.05, 4.69) is 49.8 Å². The van der Waals surface area contributed by atoms with Crippen molar-refractivity contribution in [1.29, 1.82) is 0 Å². The highest BCUT2D eigenvalue weighted by molar-refractivity contribution is 6.48. The van der Waals surface area contributed by atoms with E-state index in [1.54, 1.807) is 0 Å². The molecular weight excluding hydrogens is 645 g/mol. The van der Waals surface area contributed by atoms with Crippen LogP contribution in [0.2, 0.25) is 13.1 Å². The molecule has 2 unspecified atom stereocenters. The molecule has 1 aliphatic rings. The highest BCUT2D eigenvalue weighted by atomic mass is 28.3. The van der Waals surface area contributed by atoms with Crippen LogP contribution in [0.4, 0.5) is 4.79 Å². The third-order valence-corrected chi connectivity index (χ3v) is 10.1. The number of nitrogens with one attached hydrogen (secondary N) is 3. The fraction of sp³-hybridized carbons (Fsp3) is 0.625. The van der Waals surface area contributed by atoms with E-state index in [-0.39, 0.29) is 35.2 Å². The number of rotatable bonds is 16. The van der Waals surface area contributed by atoms with Crippen LogP contribution in [0.3, 0.4) is 0 Å². The van der Waals surface area contributed by atoms with Crippen molar-refractivity contribution in [3.05, 3.63) is 71.8 Å². The molecule has 2 aromatic rings. The van der Waals surface area contributed by atoms with Crippen molar-refractivity contribution in [2.45, 2.75) is 125 Å². The number of nitrogens with zero attached hydrogens (tertiary/aromatic N) is 1. The van der Waals surface area contributed by atoms with E-state index >= 15 is 0 Å². The number of alkyl carbamates (subject to hydrolysis) is 1. The van der Waals surface area contributed by atoms with Crippen molar-refractivity contribution >= 4 is 26.9 Å². The minimum absolute atomic E-state index is 0.00449. The molecule has 0 aromatic heterocycles. The van der Waals surface area contributed by atoms with Gasteiger partial charge in [-0.05, 0) is 88.1 Å². The molecule has 0 radical (unpaired) electrons. The monoisotopic (exact) mass is 708 g/mol. The summed E-state index contributed by atoms with van der Waals surface area (Å²) in [5, 5.41) is 9.84. The lowest BCUT2D eigenvalue weighted by molar-refractivity contribution is -0.146. The Labute approximate surface area is 303 Å². The highest BCUT2D eigenvalue weighted by Crippen LogP contribution is 2.41. The number of hydrogen-bond acceptors (Lipinski definition) is 6. The zero-order valence-corrected chi connectivity index (χ0v) is 33.6. The molecule has 0 spiro atoms. The predicted molar refractivity (Wildman–Crippen MR) is 204 cm³/mol. The second-order valence-electron chi connectivity index (χ2n) is 16.4. The van der Waals surface area contributed by atoms with Crippen LogP contribution >= 0.6 is 0 Å². The quantitative estimate of drug-likeness (QED) is 0.165. The standard InChI is InChI=1S/C40H64N4O5Si/c1-12-41-32-23-24-44(32)37(46)33(27(2)3)42-36(45)30(25-28-19-15-13-16-20-28)26-31(39(4,5)6)34(43-38(47)48-40(7,8)9)35(49-50(10)11)29-21-17-14-18-22-29/h13-22,27,30-35,41,50H,12,23-26H2,1-11H3,(H,42,45)(H,43,47)/t30-,31-,32?,33+,34-,35?/m1/s1. The van der Waals surface area contributed by atoms with Gasteiger partial charge < -0.3 is 24.7 Å². The number of amides is 3. The Balaban J connectivity index is 2.08. The first-order valence-electron chi connectivity index (χ1n) is 18.5. The summed E-state index contributed by atoms with van der Waals surface area (Å²) in [5.41, 5.74) is 0.930. The molecule has 1 saturated heterocycles. The molecule has 3 N–H and O–H groups in total. The third-order valence-electron chi connectivity index (χ3n) is 9.31. The van der Waals surface area contributed by atoms with Crippen LogP contribution in [-0.4, -0.2) is 68.8 Å². The average molecular weight is 709 g/mol. The highest BCUT2D eigenvalue weighted by Gasteiger charge is 2.43. The molecule has 1 heterocycles. The van der Waals surface area contributed by atoms with Gasteiger partial charge >= 0.3 is 6.09 Å². The Morgan fingerprint density at radius 2 is 1.52 bits per heavy atom. The SMILES string of the molecule is CCNC1CCN1C(=O)[C@@H](NC(=O)[C@H](Cc1ccccc1)C[C@H]([C@@H](NC(=O)OC(C)(C)C)C(O[SiH](C)C)c1ccccc1)C(C)(C)C)C(C)C. The van der Waals surface area contributed by atoms with Crippen molar-refractivity contribution in [1.82, 2.24) is 20.9 Å². The zero-order valence-electron chi connectivity index (χ0n) is 32.4. The first-order valence-corrected chi connectivity index (χ1v) is 21.3. The minimum atomic E-state index is -1.63. The summed E-state index contributed by atoms with van der Waals surface area (Å²) >= 11 is 0. The van der Waals surface area contributed by atoms with Gasteiger partial charge in [0.15, 0.2) is 9.04 Å². The molecule has 6 atom stereocenters. The van der Waals surface area contributed by atoms with Gasteiger partial charge in [0.1, 0.15) is 11.6 Å². The fourth-order valence-corrected chi connectivity index (χ4v) is 7.64. The van der Waals surface area contributed by atoms with E-state index in [0.717, 1.165) is 24.1 Å². The predicted octanol–water partition coefficient (Wildman–Crippen LogP) is 6.84. The van der Waals surface area contributed by atoms with Gasteiger partial charge in [-0.2, -0.15) is 0 Å². The van der Waals surface area contributed by atoms with Crippen LogP contribution in [0.25, 0.3) is 0 Å². The summed E-state index contributed by atoms with van der Waals surface area (Å²) in [5.74, 6) is -1.04. The number of carbonyl (C=O) groups excluding carboxylic acids is 3. The zero-order chi connectivity index (χ0) is 37.2. The van der Waals surface area contributed by atoms with Gasteiger partial charge in [0.25, 0.3) is 0 Å². The smallest absolute Gasteiger partial charge is 0.407 e. The van der Waals surface area contributed by atoms with Crippen LogP contribution in [0.5, 0.6) is 0 Å². The number of carbonyl (C=O) groups is 3. The lowest BCUT2D eigenvalue weighted by Gasteiger charge is -2.44. The van der Waals surface area contributed by atoms with Crippen LogP contribution in [0.1, 0.15) is 92.4 Å². The van der Waals surface area contributed by atoms with Crippen molar-refractivity contribution in [2.75, 3.05) is 13.1 Å². The molecule has 0 aliphatic carbocycles. The molecule has 1 fully saturated rings. The molecular formula is C40H64N4O5Si. The Bertz CT molecular complexity index is 1360. The summed E-state index contributed by atoms with van der Waals surface area (Å²) in [6.45, 7) is 23.7. The molecule has 50 heavy (non-hydrogen) atoms. The van der Waals surface area contributed by atoms with Crippen molar-refractivity contribution < 1.29 is 23.5 Å². The summed E-state index contributed by atoms with van der Waals surface area (Å²) in [6.07, 6.45) is 0.843. The number of hydrogen-bond donors (Lipinski definition) is 3. The molecule has 2 aromatic carbocycles. The van der Waals surface area contributed by atoms with Gasteiger partial charge in [0.2, 0.25) is 11.8 Å². The second kappa shape index (κ2) is 18.3. The van der Waals surface area contributed by atoms with Gasteiger partial charge in [0.05, 0.1) is 18.3 Å². The topological polar surface area (TPSA) is 109 Å². The first-order chi connectivity index (χ1) is 23.4. The maximum atomic E-state index is 14.6. The van der Waals surface area contributed by atoms with Gasteiger partial charge in [-0.25, -0.2) is 4.79 Å². The summed E-state index contributed by atoms with van der Waals surface area (Å²) in [7, 11) is -1.63. The van der Waals surface area contributed by atoms with Crippen LogP contribution < -0.4 is 16.0 Å². The van der Waals surface area contributed by atoms with Crippen molar-refractivity contribution in [3.63, 3.8) is 0 Å². The van der Waals surface area contributed by atoms with Crippen LogP contribution in [-0.2, 0) is 25.2 Å². The Kier molecular flexibility index (Phi) is 15.1. The summed E-state index contributed by atoms with van der Waals surface area (Å²) < 4.78 is 12.6. The Hall–Kier alpha value is -3.21. The maximum absolute atomic E-state index is 14.6. The summed E-state index contributed by atoms with van der Waals surface area (Å²) in [6, 6.07) is 18.8. The average Bonchev–Trinajstić information content (AvgIpc) is 3.01. The van der Waals surface area contributed by atoms with Gasteiger partial charge in [-0.15, -0.1) is 0 Å². The van der Waals surface area contributed by atoms with Crippen LogP contribution in [0, 0.1) is 23.2 Å². The first kappa shape index (κ1) is 41.2. The van der Waals surface area contributed by atoms with Gasteiger partial charge in [-0.1, -0.05) is 102 Å². The third kappa shape index (κ3) is 12.2. The normalized spacial score (nSPS) is 18.1. The number of ether oxygens (including phenoxy) is 1. The van der Waals surface area contributed by atoms with Gasteiger partial charge in [-0.3, -0.25) is 14.9 Å². The van der Waals surface area contributed by atoms with E-state index in [4.69, 9.17) is 9.16 Å². The fourth-order valence-electron chi connectivity index (χ4n) is 6.73. The maximum Gasteiger partial charge on any atom is 0.407 e. The molecule has 0 bridgehead atoms. The molecule has 1 aliphatic heterocycles.